The van der Waals surface area contributed by atoms with Crippen molar-refractivity contribution >= 4 is 12.6 Å². The third kappa shape index (κ3) is 1.43. The minimum absolute atomic E-state index is 0.262. The van der Waals surface area contributed by atoms with Crippen LogP contribution < -0.4 is 0 Å². The van der Waals surface area contributed by atoms with Gasteiger partial charge in [-0.15, -0.1) is 0 Å². The highest BCUT2D eigenvalue weighted by Crippen LogP contribution is 2.43. The van der Waals surface area contributed by atoms with Crippen LogP contribution in [0.1, 0.15) is 33.6 Å². The molecule has 1 aliphatic carbocycles. The summed E-state index contributed by atoms with van der Waals surface area (Å²) in [6.45, 7) is 6.76. The van der Waals surface area contributed by atoms with Crippen molar-refractivity contribution < 1.29 is 0 Å². The fourth-order valence-corrected chi connectivity index (χ4v) is 2.10. The highest BCUT2D eigenvalue weighted by molar-refractivity contribution is 7.81. The maximum absolute atomic E-state index is 4.54. The van der Waals surface area contributed by atoms with Gasteiger partial charge in [0.05, 0.1) is 0 Å². The molecular weight excluding hydrogens is 128 g/mol. The van der Waals surface area contributed by atoms with Gasteiger partial charge in [-0.1, -0.05) is 27.2 Å². The molecule has 0 heterocycles. The first-order valence-corrected chi connectivity index (χ1v) is 4.19. The molecule has 0 aromatic heterocycles. The lowest BCUT2D eigenvalue weighted by Gasteiger charge is -2.42. The topological polar surface area (TPSA) is 0 Å². The molecule has 0 saturated heterocycles. The number of rotatable bonds is 1. The standard InChI is InChI=1S/C8H16S/c1-6-4-5-7(6)8(2,3)9/h6-7,9H,4-5H2,1-3H3. The van der Waals surface area contributed by atoms with E-state index >= 15 is 0 Å². The van der Waals surface area contributed by atoms with Crippen molar-refractivity contribution in [2.75, 3.05) is 0 Å². The summed E-state index contributed by atoms with van der Waals surface area (Å²) in [6.07, 6.45) is 2.80. The van der Waals surface area contributed by atoms with Crippen molar-refractivity contribution in [3.63, 3.8) is 0 Å². The highest BCUT2D eigenvalue weighted by Gasteiger charge is 2.36. The Morgan fingerprint density at radius 3 is 1.89 bits per heavy atom. The van der Waals surface area contributed by atoms with Crippen molar-refractivity contribution in [2.24, 2.45) is 11.8 Å². The second-order valence-electron chi connectivity index (χ2n) is 3.81. The van der Waals surface area contributed by atoms with Gasteiger partial charge >= 0.3 is 0 Å². The molecule has 0 bridgehead atoms. The Labute approximate surface area is 63.4 Å². The lowest BCUT2D eigenvalue weighted by molar-refractivity contribution is 0.159. The van der Waals surface area contributed by atoms with E-state index in [9.17, 15) is 0 Å². The molecule has 1 heteroatoms. The molecule has 2 atom stereocenters. The predicted molar refractivity (Wildman–Crippen MR) is 45.0 cm³/mol. The largest absolute Gasteiger partial charge is 0.173 e. The zero-order valence-electron chi connectivity index (χ0n) is 6.52. The highest BCUT2D eigenvalue weighted by atomic mass is 32.1. The van der Waals surface area contributed by atoms with Crippen molar-refractivity contribution in [3.05, 3.63) is 0 Å². The summed E-state index contributed by atoms with van der Waals surface area (Å²) in [5, 5.41) is 0. The zero-order chi connectivity index (χ0) is 7.07. The summed E-state index contributed by atoms with van der Waals surface area (Å²) >= 11 is 4.54. The number of hydrogen-bond donors (Lipinski definition) is 1. The second-order valence-corrected chi connectivity index (χ2v) is 4.97. The molecule has 0 N–H and O–H groups in total. The Hall–Kier alpha value is 0.350. The lowest BCUT2D eigenvalue weighted by Crippen LogP contribution is -2.37. The molecule has 0 radical (unpaired) electrons. The normalized spacial score (nSPS) is 36.0. The van der Waals surface area contributed by atoms with E-state index in [1.54, 1.807) is 0 Å². The summed E-state index contributed by atoms with van der Waals surface area (Å²) in [4.78, 5) is 0. The van der Waals surface area contributed by atoms with Crippen LogP contribution in [0.2, 0.25) is 0 Å². The molecule has 1 aliphatic rings. The monoisotopic (exact) mass is 144 g/mol. The Morgan fingerprint density at radius 2 is 1.89 bits per heavy atom. The van der Waals surface area contributed by atoms with Gasteiger partial charge in [-0.25, -0.2) is 0 Å². The molecule has 9 heavy (non-hydrogen) atoms. The third-order valence-electron chi connectivity index (χ3n) is 2.53. The van der Waals surface area contributed by atoms with Crippen molar-refractivity contribution in [1.82, 2.24) is 0 Å². The Balaban J connectivity index is 2.44. The van der Waals surface area contributed by atoms with Gasteiger partial charge in [-0.05, 0) is 18.3 Å². The van der Waals surface area contributed by atoms with Crippen molar-refractivity contribution in [1.29, 1.82) is 0 Å². The third-order valence-corrected chi connectivity index (χ3v) is 2.86. The van der Waals surface area contributed by atoms with E-state index in [1.807, 2.05) is 0 Å². The van der Waals surface area contributed by atoms with Crippen molar-refractivity contribution in [3.8, 4) is 0 Å². The predicted octanol–water partition coefficient (Wildman–Crippen LogP) is 2.74. The van der Waals surface area contributed by atoms with Crippen LogP contribution in [0.15, 0.2) is 0 Å². The molecule has 0 spiro atoms. The zero-order valence-corrected chi connectivity index (χ0v) is 7.41. The van der Waals surface area contributed by atoms with Crippen LogP contribution in [0.4, 0.5) is 0 Å². The van der Waals surface area contributed by atoms with Crippen LogP contribution in [-0.2, 0) is 0 Å². The molecule has 0 amide bonds. The first-order chi connectivity index (χ1) is 4.02. The maximum Gasteiger partial charge on any atom is 0.0104 e. The average Bonchev–Trinajstić information content (AvgIpc) is 1.57. The van der Waals surface area contributed by atoms with Crippen LogP contribution in [-0.4, -0.2) is 4.75 Å². The molecule has 2 unspecified atom stereocenters. The van der Waals surface area contributed by atoms with E-state index in [0.717, 1.165) is 11.8 Å². The first-order valence-electron chi connectivity index (χ1n) is 3.74. The van der Waals surface area contributed by atoms with E-state index in [4.69, 9.17) is 0 Å². The smallest absolute Gasteiger partial charge is 0.0104 e. The van der Waals surface area contributed by atoms with Crippen LogP contribution in [0, 0.1) is 11.8 Å². The Kier molecular flexibility index (Phi) is 1.81. The van der Waals surface area contributed by atoms with Gasteiger partial charge in [0.15, 0.2) is 0 Å². The van der Waals surface area contributed by atoms with Gasteiger partial charge in [-0.3, -0.25) is 0 Å². The van der Waals surface area contributed by atoms with E-state index in [-0.39, 0.29) is 4.75 Å². The van der Waals surface area contributed by atoms with E-state index in [0.29, 0.717) is 0 Å². The number of hydrogen-bond acceptors (Lipinski definition) is 1. The van der Waals surface area contributed by atoms with Gasteiger partial charge in [-0.2, -0.15) is 12.6 Å². The van der Waals surface area contributed by atoms with E-state index in [1.165, 1.54) is 12.8 Å². The molecule has 54 valence electrons. The average molecular weight is 144 g/mol. The summed E-state index contributed by atoms with van der Waals surface area (Å²) < 4.78 is 0.262. The van der Waals surface area contributed by atoms with E-state index < -0.39 is 0 Å². The SMILES string of the molecule is CC1CCC1C(C)(C)S. The van der Waals surface area contributed by atoms with Gasteiger partial charge in [0.2, 0.25) is 0 Å². The number of thiol groups is 1. The van der Waals surface area contributed by atoms with Gasteiger partial charge in [0, 0.05) is 4.75 Å². The van der Waals surface area contributed by atoms with Crippen molar-refractivity contribution in [2.45, 2.75) is 38.4 Å². The minimum atomic E-state index is 0.262. The molecular formula is C8H16S. The molecule has 1 saturated carbocycles. The van der Waals surface area contributed by atoms with Gasteiger partial charge in [0.1, 0.15) is 0 Å². The Morgan fingerprint density at radius 1 is 1.33 bits per heavy atom. The van der Waals surface area contributed by atoms with Crippen LogP contribution in [0.5, 0.6) is 0 Å². The molecule has 0 nitrogen and oxygen atoms in total. The molecule has 1 rings (SSSR count). The lowest BCUT2D eigenvalue weighted by atomic mass is 9.69. The molecule has 1 fully saturated rings. The molecule has 0 aromatic rings. The molecule has 0 aliphatic heterocycles. The van der Waals surface area contributed by atoms with Gasteiger partial charge in [0.25, 0.3) is 0 Å². The summed E-state index contributed by atoms with van der Waals surface area (Å²) in [5.41, 5.74) is 0. The van der Waals surface area contributed by atoms with Crippen LogP contribution >= 0.6 is 12.6 Å². The summed E-state index contributed by atoms with van der Waals surface area (Å²) in [6, 6.07) is 0. The summed E-state index contributed by atoms with van der Waals surface area (Å²) in [5.74, 6) is 1.78. The van der Waals surface area contributed by atoms with Gasteiger partial charge < -0.3 is 0 Å². The minimum Gasteiger partial charge on any atom is -0.173 e. The summed E-state index contributed by atoms with van der Waals surface area (Å²) in [7, 11) is 0. The Bertz CT molecular complexity index is 102. The second kappa shape index (κ2) is 2.19. The van der Waals surface area contributed by atoms with Crippen LogP contribution in [0.3, 0.4) is 0 Å². The van der Waals surface area contributed by atoms with Crippen LogP contribution in [0.25, 0.3) is 0 Å². The maximum atomic E-state index is 4.54. The van der Waals surface area contributed by atoms with E-state index in [2.05, 4.69) is 33.4 Å². The quantitative estimate of drug-likeness (QED) is 0.537. The fourth-order valence-electron chi connectivity index (χ4n) is 1.72. The fraction of sp³-hybridized carbons (Fsp3) is 1.00. The molecule has 0 aromatic carbocycles. The first kappa shape index (κ1) is 7.46.